The van der Waals surface area contributed by atoms with Crippen molar-refractivity contribution in [1.29, 1.82) is 0 Å². The van der Waals surface area contributed by atoms with Gasteiger partial charge in [-0.3, -0.25) is 4.79 Å². The molecule has 9 heavy (non-hydrogen) atoms. The van der Waals surface area contributed by atoms with Gasteiger partial charge in [0.15, 0.2) is 0 Å². The normalized spacial score (nSPS) is 18.7. The zero-order valence-corrected chi connectivity index (χ0v) is 7.67. The van der Waals surface area contributed by atoms with Crippen molar-refractivity contribution >= 4 is 6.47 Å². The van der Waals surface area contributed by atoms with E-state index >= 15 is 0 Å². The summed E-state index contributed by atoms with van der Waals surface area (Å²) in [5.74, 6) is 0. The number of nitrogens with zero attached hydrogens (tertiary/aromatic N) is 1. The molecule has 3 nitrogen and oxygen atoms in total. The van der Waals surface area contributed by atoms with Crippen LogP contribution in [0.25, 0.3) is 0 Å². The molecular weight excluding hydrogens is 129 g/mol. The van der Waals surface area contributed by atoms with Crippen molar-refractivity contribution in [3.63, 3.8) is 0 Å². The quantitative estimate of drug-likeness (QED) is 0.308. The minimum atomic E-state index is 0. The first-order valence-electron chi connectivity index (χ1n) is 2.79. The van der Waals surface area contributed by atoms with Crippen molar-refractivity contribution in [3.8, 4) is 0 Å². The maximum atomic E-state index is 9.70. The third kappa shape index (κ3) is 3.20. The fourth-order valence-electron chi connectivity index (χ4n) is 0.854. The second kappa shape index (κ2) is 5.23. The van der Waals surface area contributed by atoms with Crippen molar-refractivity contribution in [2.24, 2.45) is 0 Å². The Morgan fingerprint density at radius 2 is 2.00 bits per heavy atom. The number of hydroxylamine groups is 2. The molecule has 1 fully saturated rings. The molecule has 0 spiro atoms. The fourth-order valence-corrected chi connectivity index (χ4v) is 0.854. The molecule has 0 saturated carbocycles. The Balaban J connectivity index is 0. The van der Waals surface area contributed by atoms with Crippen LogP contribution in [0.3, 0.4) is 0 Å². The minimum absolute atomic E-state index is 0. The number of carbonyl (C=O) groups is 1. The van der Waals surface area contributed by atoms with Gasteiger partial charge in [0.05, 0.1) is 0 Å². The molecule has 0 atom stereocenters. The molecule has 1 rings (SSSR count). The minimum Gasteiger partial charge on any atom is -1.00 e. The van der Waals surface area contributed by atoms with Crippen LogP contribution in [0.2, 0.25) is 0 Å². The van der Waals surface area contributed by atoms with E-state index < -0.39 is 0 Å². The Morgan fingerprint density at radius 3 is 2.44 bits per heavy atom. The molecule has 1 aliphatic rings. The zero-order chi connectivity index (χ0) is 5.82. The Morgan fingerprint density at radius 1 is 1.44 bits per heavy atom. The van der Waals surface area contributed by atoms with Gasteiger partial charge in [0.25, 0.3) is 0 Å². The van der Waals surface area contributed by atoms with E-state index in [1.165, 1.54) is 0 Å². The van der Waals surface area contributed by atoms with Crippen LogP contribution in [0.4, 0.5) is 0 Å². The van der Waals surface area contributed by atoms with Crippen molar-refractivity contribution in [2.45, 2.75) is 12.8 Å². The summed E-state index contributed by atoms with van der Waals surface area (Å²) in [6.07, 6.45) is 2.29. The third-order valence-corrected chi connectivity index (χ3v) is 1.26. The Labute approximate surface area is 78.1 Å². The number of rotatable bonds is 2. The van der Waals surface area contributed by atoms with Gasteiger partial charge in [0, 0.05) is 13.1 Å². The molecule has 0 aromatic rings. The van der Waals surface area contributed by atoms with Gasteiger partial charge < -0.3 is 6.26 Å². The van der Waals surface area contributed by atoms with Crippen LogP contribution in [-0.2, 0) is 9.63 Å². The van der Waals surface area contributed by atoms with Gasteiger partial charge in [-0.25, -0.2) is 0 Å². The van der Waals surface area contributed by atoms with Gasteiger partial charge in [-0.1, -0.05) is 0 Å². The van der Waals surface area contributed by atoms with E-state index in [4.69, 9.17) is 0 Å². The Hall–Kier alpha value is 0.430. The monoisotopic (exact) mass is 139 g/mol. The maximum absolute atomic E-state index is 9.70. The summed E-state index contributed by atoms with van der Waals surface area (Å²) in [5.41, 5.74) is 0. The Kier molecular flexibility index (Phi) is 5.48. The SMILES string of the molecule is O=CON1CCCC1.[H-].[Na+]. The maximum Gasteiger partial charge on any atom is 1.00 e. The largest absolute Gasteiger partial charge is 1.00 e. The van der Waals surface area contributed by atoms with Crippen LogP contribution in [0, 0.1) is 0 Å². The van der Waals surface area contributed by atoms with Gasteiger partial charge in [0.1, 0.15) is 0 Å². The fraction of sp³-hybridized carbons (Fsp3) is 0.800. The second-order valence-corrected chi connectivity index (χ2v) is 1.84. The van der Waals surface area contributed by atoms with E-state index in [-0.39, 0.29) is 31.0 Å². The van der Waals surface area contributed by atoms with E-state index in [0.29, 0.717) is 6.47 Å². The van der Waals surface area contributed by atoms with Crippen LogP contribution >= 0.6 is 0 Å². The molecule has 0 unspecified atom stereocenters. The predicted octanol–water partition coefficient (Wildman–Crippen LogP) is -2.71. The van der Waals surface area contributed by atoms with Crippen LogP contribution in [0.1, 0.15) is 14.3 Å². The molecule has 1 heterocycles. The molecule has 0 aromatic carbocycles. The molecule has 0 amide bonds. The zero-order valence-electron chi connectivity index (χ0n) is 6.67. The van der Waals surface area contributed by atoms with Gasteiger partial charge in [-0.2, -0.15) is 0 Å². The first kappa shape index (κ1) is 9.43. The van der Waals surface area contributed by atoms with Crippen LogP contribution in [-0.4, -0.2) is 24.6 Å². The number of hydrogen-bond acceptors (Lipinski definition) is 3. The summed E-state index contributed by atoms with van der Waals surface area (Å²) in [7, 11) is 0. The predicted molar refractivity (Wildman–Crippen MR) is 29.1 cm³/mol. The van der Waals surface area contributed by atoms with E-state index in [9.17, 15) is 4.79 Å². The van der Waals surface area contributed by atoms with E-state index in [2.05, 4.69) is 4.84 Å². The molecule has 48 valence electrons. The van der Waals surface area contributed by atoms with Gasteiger partial charge in [-0.15, -0.1) is 5.06 Å². The summed E-state index contributed by atoms with van der Waals surface area (Å²) in [6.45, 7) is 2.28. The topological polar surface area (TPSA) is 29.5 Å². The van der Waals surface area contributed by atoms with Crippen LogP contribution < -0.4 is 29.6 Å². The van der Waals surface area contributed by atoms with Crippen molar-refractivity contribution in [2.75, 3.05) is 13.1 Å². The van der Waals surface area contributed by atoms with Gasteiger partial charge in [0.2, 0.25) is 0 Å². The first-order valence-corrected chi connectivity index (χ1v) is 2.79. The molecule has 0 aromatic heterocycles. The average Bonchev–Trinajstić information content (AvgIpc) is 2.19. The summed E-state index contributed by atoms with van der Waals surface area (Å²) in [4.78, 5) is 14.3. The summed E-state index contributed by atoms with van der Waals surface area (Å²) in [6, 6.07) is 0. The van der Waals surface area contributed by atoms with Gasteiger partial charge >= 0.3 is 36.0 Å². The van der Waals surface area contributed by atoms with Gasteiger partial charge in [-0.05, 0) is 12.8 Å². The second-order valence-electron chi connectivity index (χ2n) is 1.84. The molecule has 0 bridgehead atoms. The van der Waals surface area contributed by atoms with E-state index in [0.717, 1.165) is 25.9 Å². The smallest absolute Gasteiger partial charge is 1.00 e. The first-order chi connectivity index (χ1) is 3.93. The van der Waals surface area contributed by atoms with E-state index in [1.54, 1.807) is 5.06 Å². The molecule has 1 aliphatic heterocycles. The average molecular weight is 139 g/mol. The number of carbonyl (C=O) groups excluding carboxylic acids is 1. The summed E-state index contributed by atoms with van der Waals surface area (Å²) < 4.78 is 0. The molecule has 0 aliphatic carbocycles. The molecule has 0 N–H and O–H groups in total. The number of hydrogen-bond donors (Lipinski definition) is 0. The Bertz CT molecular complexity index is 87.7. The van der Waals surface area contributed by atoms with Crippen molar-refractivity contribution < 1.29 is 40.6 Å². The molecule has 4 heteroatoms. The standard InChI is InChI=1S/C5H9NO2.Na.H/c7-5-8-6-3-1-2-4-6;;/h5H,1-4H2;;/q;+1;-1. The van der Waals surface area contributed by atoms with Crippen LogP contribution in [0.15, 0.2) is 0 Å². The van der Waals surface area contributed by atoms with Crippen LogP contribution in [0.5, 0.6) is 0 Å². The van der Waals surface area contributed by atoms with Crippen molar-refractivity contribution in [1.82, 2.24) is 5.06 Å². The third-order valence-electron chi connectivity index (χ3n) is 1.26. The molecular formula is C5H10NNaO2. The van der Waals surface area contributed by atoms with Crippen molar-refractivity contribution in [3.05, 3.63) is 0 Å². The van der Waals surface area contributed by atoms with E-state index in [1.807, 2.05) is 0 Å². The summed E-state index contributed by atoms with van der Waals surface area (Å²) in [5, 5.41) is 1.67. The molecule has 0 radical (unpaired) electrons. The summed E-state index contributed by atoms with van der Waals surface area (Å²) >= 11 is 0. The molecule has 1 saturated heterocycles.